The Labute approximate surface area is 276 Å². The topological polar surface area (TPSA) is 82.6 Å². The lowest BCUT2D eigenvalue weighted by Gasteiger charge is -2.12. The Bertz CT molecular complexity index is 2760. The molecule has 0 aliphatic rings. The minimum absolute atomic E-state index is 0.578. The van der Waals surface area contributed by atoms with Crippen LogP contribution in [0.2, 0.25) is 0 Å². The van der Waals surface area contributed by atoms with Crippen molar-refractivity contribution in [2.75, 3.05) is 0 Å². The third kappa shape index (κ3) is 4.20. The van der Waals surface area contributed by atoms with Crippen molar-refractivity contribution >= 4 is 81.4 Å². The molecule has 8 heteroatoms. The molecule has 0 unspecified atom stereocenters. The molecule has 0 atom stereocenters. The summed E-state index contributed by atoms with van der Waals surface area (Å²) in [7, 11) is 0. The van der Waals surface area contributed by atoms with Crippen molar-refractivity contribution in [1.82, 2.24) is 14.5 Å². The Morgan fingerprint density at radius 1 is 0.617 bits per heavy atom. The Balaban J connectivity index is 1.31. The zero-order chi connectivity index (χ0) is 31.6. The first kappa shape index (κ1) is 27.0. The molecular formula is C39H18N6S2. The van der Waals surface area contributed by atoms with Crippen molar-refractivity contribution < 1.29 is 0 Å². The Morgan fingerprint density at radius 2 is 1.26 bits per heavy atom. The highest BCUT2D eigenvalue weighted by atomic mass is 32.1. The average Bonchev–Trinajstić information content (AvgIpc) is 3.83. The Hall–Kier alpha value is -6.37. The molecule has 0 bridgehead atoms. The van der Waals surface area contributed by atoms with Crippen LogP contribution in [0.25, 0.3) is 84.7 Å². The van der Waals surface area contributed by atoms with Crippen molar-refractivity contribution in [1.29, 1.82) is 10.5 Å². The van der Waals surface area contributed by atoms with Crippen LogP contribution in [-0.2, 0) is 0 Å². The van der Waals surface area contributed by atoms with Crippen LogP contribution >= 0.6 is 22.7 Å². The second-order valence-electron chi connectivity index (χ2n) is 11.2. The van der Waals surface area contributed by atoms with E-state index in [1.807, 2.05) is 66.7 Å². The first-order valence-electron chi connectivity index (χ1n) is 14.7. The lowest BCUT2D eigenvalue weighted by molar-refractivity contribution is 1.20. The third-order valence-electron chi connectivity index (χ3n) is 8.54. The van der Waals surface area contributed by atoms with E-state index in [1.165, 1.54) is 0 Å². The van der Waals surface area contributed by atoms with Crippen LogP contribution < -0.4 is 0 Å². The van der Waals surface area contributed by atoms with Gasteiger partial charge in [0.15, 0.2) is 5.69 Å². The monoisotopic (exact) mass is 634 g/mol. The number of hydrogen-bond acceptors (Lipinski definition) is 6. The van der Waals surface area contributed by atoms with Gasteiger partial charge in [-0.05, 0) is 72.8 Å². The predicted molar refractivity (Wildman–Crippen MR) is 191 cm³/mol. The number of fused-ring (bicyclic) bond motifs is 6. The van der Waals surface area contributed by atoms with Gasteiger partial charge in [-0.2, -0.15) is 10.5 Å². The smallest absolute Gasteiger partial charge is 0.189 e. The molecule has 9 aromatic rings. The molecule has 47 heavy (non-hydrogen) atoms. The van der Waals surface area contributed by atoms with Gasteiger partial charge in [0.05, 0.1) is 67.0 Å². The van der Waals surface area contributed by atoms with E-state index in [9.17, 15) is 10.5 Å². The molecule has 0 fully saturated rings. The fourth-order valence-electron chi connectivity index (χ4n) is 6.35. The van der Waals surface area contributed by atoms with Gasteiger partial charge in [-0.15, -0.1) is 22.7 Å². The van der Waals surface area contributed by atoms with E-state index in [0.29, 0.717) is 16.8 Å². The van der Waals surface area contributed by atoms with Crippen molar-refractivity contribution in [2.24, 2.45) is 0 Å². The third-order valence-corrected chi connectivity index (χ3v) is 10.7. The number of thiazole rings is 2. The number of nitriles is 2. The predicted octanol–water partition coefficient (Wildman–Crippen LogP) is 10.8. The van der Waals surface area contributed by atoms with Gasteiger partial charge in [0, 0.05) is 32.7 Å². The van der Waals surface area contributed by atoms with Crippen LogP contribution in [0.3, 0.4) is 0 Å². The molecule has 0 saturated heterocycles. The maximum Gasteiger partial charge on any atom is 0.189 e. The van der Waals surface area contributed by atoms with Gasteiger partial charge in [-0.3, -0.25) is 0 Å². The van der Waals surface area contributed by atoms with Gasteiger partial charge in [0.1, 0.15) is 10.0 Å². The molecule has 0 amide bonds. The van der Waals surface area contributed by atoms with Crippen LogP contribution in [0.1, 0.15) is 11.1 Å². The summed E-state index contributed by atoms with van der Waals surface area (Å²) in [6, 6.07) is 40.7. The summed E-state index contributed by atoms with van der Waals surface area (Å²) in [4.78, 5) is 13.4. The zero-order valence-corrected chi connectivity index (χ0v) is 26.0. The maximum atomic E-state index is 9.84. The normalized spacial score (nSPS) is 11.3. The summed E-state index contributed by atoms with van der Waals surface area (Å²) in [5.74, 6) is 0. The van der Waals surface area contributed by atoms with Gasteiger partial charge in [-0.25, -0.2) is 14.8 Å². The van der Waals surface area contributed by atoms with Crippen LogP contribution in [0.15, 0.2) is 109 Å². The van der Waals surface area contributed by atoms with Crippen LogP contribution in [0.5, 0.6) is 0 Å². The molecule has 0 N–H and O–H groups in total. The van der Waals surface area contributed by atoms with E-state index in [1.54, 1.807) is 22.7 Å². The molecular weight excluding hydrogens is 617 g/mol. The van der Waals surface area contributed by atoms with E-state index in [-0.39, 0.29) is 0 Å². The molecule has 6 nitrogen and oxygen atoms in total. The lowest BCUT2D eigenvalue weighted by atomic mass is 10.0. The van der Waals surface area contributed by atoms with Gasteiger partial charge >= 0.3 is 0 Å². The van der Waals surface area contributed by atoms with Crippen LogP contribution in [0, 0.1) is 29.2 Å². The van der Waals surface area contributed by atoms with E-state index in [0.717, 1.165) is 79.8 Å². The summed E-state index contributed by atoms with van der Waals surface area (Å²) in [6.45, 7) is 7.40. The molecule has 3 heterocycles. The number of rotatable bonds is 3. The van der Waals surface area contributed by atoms with Crippen molar-refractivity contribution in [2.45, 2.75) is 0 Å². The molecule has 6 aromatic carbocycles. The number of aromatic nitrogens is 3. The van der Waals surface area contributed by atoms with Crippen LogP contribution in [-0.4, -0.2) is 14.5 Å². The SMILES string of the molecule is [C-]#[N+]c1ccc2sc(-c3ccc4c(c3)c3cc(-c5nc6cc(C#N)ccc6s5)ccc3n4-c3ccc(C#N)c4ccccc34)nc2c1. The minimum atomic E-state index is 0.578. The standard InChI is InChI=1S/C39H18N6S2/c1-42-26-10-15-37-32(19-26)44-39(47-37)24-8-12-35-30(18-24)29-17-23(38-43-31-16-22(20-40)6-14-36(31)46-38)7-11-34(29)45(35)33-13-9-25(21-41)27-4-2-3-5-28(27)33/h2-19H. The fourth-order valence-corrected chi connectivity index (χ4v) is 8.24. The molecule has 216 valence electrons. The largest absolute Gasteiger partial charge is 0.309 e. The van der Waals surface area contributed by atoms with Crippen LogP contribution in [0.4, 0.5) is 5.69 Å². The Morgan fingerprint density at radius 3 is 1.89 bits per heavy atom. The number of hydrogen-bond donors (Lipinski definition) is 0. The summed E-state index contributed by atoms with van der Waals surface area (Å²) >= 11 is 3.23. The molecule has 0 saturated carbocycles. The van der Waals surface area contributed by atoms with Crippen molar-refractivity contribution in [3.63, 3.8) is 0 Å². The van der Waals surface area contributed by atoms with E-state index < -0.39 is 0 Å². The van der Waals surface area contributed by atoms with E-state index in [2.05, 4.69) is 64.0 Å². The maximum absolute atomic E-state index is 9.84. The average molecular weight is 635 g/mol. The van der Waals surface area contributed by atoms with Gasteiger partial charge in [-0.1, -0.05) is 36.4 Å². The second kappa shape index (κ2) is 10.3. The zero-order valence-electron chi connectivity index (χ0n) is 24.4. The number of nitrogens with zero attached hydrogens (tertiary/aromatic N) is 6. The molecule has 3 aromatic heterocycles. The first-order chi connectivity index (χ1) is 23.1. The van der Waals surface area contributed by atoms with Gasteiger partial charge < -0.3 is 4.57 Å². The highest BCUT2D eigenvalue weighted by Crippen LogP contribution is 2.41. The molecule has 9 rings (SSSR count). The fraction of sp³-hybridized carbons (Fsp3) is 0. The van der Waals surface area contributed by atoms with Crippen molar-refractivity contribution in [3.05, 3.63) is 132 Å². The summed E-state index contributed by atoms with van der Waals surface area (Å²) < 4.78 is 4.35. The molecule has 0 aliphatic heterocycles. The quantitative estimate of drug-likeness (QED) is 0.181. The second-order valence-corrected chi connectivity index (χ2v) is 13.2. The molecule has 0 aliphatic carbocycles. The Kier molecular flexibility index (Phi) is 5.94. The number of benzene rings is 6. The lowest BCUT2D eigenvalue weighted by Crippen LogP contribution is -1.96. The summed E-state index contributed by atoms with van der Waals surface area (Å²) in [5, 5.41) is 25.1. The highest BCUT2D eigenvalue weighted by Gasteiger charge is 2.19. The summed E-state index contributed by atoms with van der Waals surface area (Å²) in [5.41, 5.74) is 8.52. The van der Waals surface area contributed by atoms with E-state index in [4.69, 9.17) is 16.5 Å². The highest BCUT2D eigenvalue weighted by molar-refractivity contribution is 7.22. The van der Waals surface area contributed by atoms with Gasteiger partial charge in [0.25, 0.3) is 0 Å². The molecule has 0 spiro atoms. The minimum Gasteiger partial charge on any atom is -0.309 e. The first-order valence-corrected chi connectivity index (χ1v) is 16.3. The van der Waals surface area contributed by atoms with E-state index >= 15 is 0 Å². The van der Waals surface area contributed by atoms with Gasteiger partial charge in [0.2, 0.25) is 0 Å². The summed E-state index contributed by atoms with van der Waals surface area (Å²) in [6.07, 6.45) is 0. The molecule has 0 radical (unpaired) electrons. The van der Waals surface area contributed by atoms with Crippen molar-refractivity contribution in [3.8, 4) is 39.0 Å².